The molecule has 0 aromatic heterocycles. The van der Waals surface area contributed by atoms with Gasteiger partial charge in [-0.15, -0.1) is 0 Å². The molecule has 0 spiro atoms. The van der Waals surface area contributed by atoms with Crippen LogP contribution in [0.4, 0.5) is 0 Å². The SMILES string of the molecule is Cc1cccc(C(=O)O/N=C2\C[C@H](C)[NH+](C)C[C@@H]2C)c1. The molecule has 0 radical (unpaired) electrons. The van der Waals surface area contributed by atoms with Gasteiger partial charge in [-0.3, -0.25) is 0 Å². The van der Waals surface area contributed by atoms with Crippen LogP contribution < -0.4 is 4.90 Å². The summed E-state index contributed by atoms with van der Waals surface area (Å²) in [6.45, 7) is 7.31. The number of carbonyl (C=O) groups is 1. The van der Waals surface area contributed by atoms with E-state index >= 15 is 0 Å². The number of carbonyl (C=O) groups excluding carboxylic acids is 1. The smallest absolute Gasteiger partial charge is 0.334 e. The standard InChI is InChI=1S/C16H22N2O2/c1-11-6-5-7-14(8-11)16(19)20-17-15-9-13(3)18(4)10-12(15)2/h5-8,12-13H,9-10H2,1-4H3/p+1/b17-15+/t12-,13-/m0/s1. The van der Waals surface area contributed by atoms with Crippen LogP contribution in [0.5, 0.6) is 0 Å². The third kappa shape index (κ3) is 3.45. The number of likely N-dealkylation sites (tertiary alicyclic amines) is 1. The number of nitrogens with zero attached hydrogens (tertiary/aromatic N) is 1. The molecule has 0 saturated carbocycles. The second-order valence-electron chi connectivity index (χ2n) is 5.89. The van der Waals surface area contributed by atoms with Crippen molar-refractivity contribution in [2.75, 3.05) is 13.6 Å². The Morgan fingerprint density at radius 2 is 2.15 bits per heavy atom. The zero-order valence-corrected chi connectivity index (χ0v) is 12.6. The molecule has 1 heterocycles. The Morgan fingerprint density at radius 3 is 2.85 bits per heavy atom. The van der Waals surface area contributed by atoms with Crippen LogP contribution in [0, 0.1) is 12.8 Å². The molecule has 1 N–H and O–H groups in total. The first-order chi connectivity index (χ1) is 9.47. The van der Waals surface area contributed by atoms with E-state index in [1.165, 1.54) is 4.90 Å². The van der Waals surface area contributed by atoms with Crippen LogP contribution in [0.15, 0.2) is 29.4 Å². The highest BCUT2D eigenvalue weighted by Gasteiger charge is 2.29. The van der Waals surface area contributed by atoms with E-state index in [4.69, 9.17) is 4.84 Å². The average Bonchev–Trinajstić information content (AvgIpc) is 2.41. The Balaban J connectivity index is 2.03. The Kier molecular flexibility index (Phi) is 4.55. The normalized spacial score (nSPS) is 28.4. The molecule has 0 amide bonds. The lowest BCUT2D eigenvalue weighted by Gasteiger charge is -2.31. The number of aryl methyl sites for hydroxylation is 1. The number of nitrogens with one attached hydrogen (secondary N) is 1. The van der Waals surface area contributed by atoms with Gasteiger partial charge in [-0.25, -0.2) is 4.79 Å². The molecule has 2 rings (SSSR count). The van der Waals surface area contributed by atoms with Crippen LogP contribution in [0.25, 0.3) is 0 Å². The predicted octanol–water partition coefficient (Wildman–Crippen LogP) is 1.45. The van der Waals surface area contributed by atoms with Crippen molar-refractivity contribution in [3.05, 3.63) is 35.4 Å². The molecule has 3 atom stereocenters. The van der Waals surface area contributed by atoms with Crippen molar-refractivity contribution in [3.63, 3.8) is 0 Å². The topological polar surface area (TPSA) is 43.1 Å². The highest BCUT2D eigenvalue weighted by molar-refractivity contribution is 5.91. The molecular formula is C16H23N2O2+. The third-order valence-corrected chi connectivity index (χ3v) is 4.05. The van der Waals surface area contributed by atoms with E-state index in [2.05, 4.69) is 26.1 Å². The van der Waals surface area contributed by atoms with Gasteiger partial charge in [-0.1, -0.05) is 29.8 Å². The average molecular weight is 275 g/mol. The molecule has 4 heteroatoms. The summed E-state index contributed by atoms with van der Waals surface area (Å²) in [5.74, 6) is -0.0242. The summed E-state index contributed by atoms with van der Waals surface area (Å²) in [4.78, 5) is 18.6. The molecule has 1 fully saturated rings. The van der Waals surface area contributed by atoms with Crippen LogP contribution >= 0.6 is 0 Å². The lowest BCUT2D eigenvalue weighted by atomic mass is 9.93. The van der Waals surface area contributed by atoms with Gasteiger partial charge in [0.25, 0.3) is 0 Å². The van der Waals surface area contributed by atoms with Crippen LogP contribution in [0.3, 0.4) is 0 Å². The fourth-order valence-corrected chi connectivity index (χ4v) is 2.54. The van der Waals surface area contributed by atoms with Gasteiger partial charge in [-0.05, 0) is 26.0 Å². The van der Waals surface area contributed by atoms with E-state index in [1.807, 2.05) is 25.1 Å². The van der Waals surface area contributed by atoms with Crippen molar-refractivity contribution in [1.29, 1.82) is 0 Å². The summed E-state index contributed by atoms with van der Waals surface area (Å²) < 4.78 is 0. The summed E-state index contributed by atoms with van der Waals surface area (Å²) >= 11 is 0. The van der Waals surface area contributed by atoms with E-state index in [1.54, 1.807) is 6.07 Å². The van der Waals surface area contributed by atoms with Crippen LogP contribution in [0.2, 0.25) is 0 Å². The fraction of sp³-hybridized carbons (Fsp3) is 0.500. The molecule has 0 bridgehead atoms. The van der Waals surface area contributed by atoms with Crippen molar-refractivity contribution in [3.8, 4) is 0 Å². The van der Waals surface area contributed by atoms with E-state index < -0.39 is 0 Å². The van der Waals surface area contributed by atoms with Crippen LogP contribution in [-0.2, 0) is 4.84 Å². The number of benzene rings is 1. The van der Waals surface area contributed by atoms with Gasteiger partial charge in [0, 0.05) is 12.3 Å². The van der Waals surface area contributed by atoms with Gasteiger partial charge in [0.05, 0.1) is 30.9 Å². The number of oxime groups is 1. The van der Waals surface area contributed by atoms with Crippen molar-refractivity contribution in [2.24, 2.45) is 11.1 Å². The minimum atomic E-state index is -0.382. The van der Waals surface area contributed by atoms with Crippen molar-refractivity contribution in [2.45, 2.75) is 33.2 Å². The van der Waals surface area contributed by atoms with Gasteiger partial charge in [0.15, 0.2) is 0 Å². The van der Waals surface area contributed by atoms with E-state index in [9.17, 15) is 4.79 Å². The summed E-state index contributed by atoms with van der Waals surface area (Å²) in [6, 6.07) is 7.88. The van der Waals surface area contributed by atoms with Crippen LogP contribution in [-0.4, -0.2) is 31.3 Å². The van der Waals surface area contributed by atoms with E-state index in [0.29, 0.717) is 17.5 Å². The molecule has 1 saturated heterocycles. The van der Waals surface area contributed by atoms with Gasteiger partial charge >= 0.3 is 5.97 Å². The maximum Gasteiger partial charge on any atom is 0.365 e. The first kappa shape index (κ1) is 14.7. The van der Waals surface area contributed by atoms with E-state index in [-0.39, 0.29) is 5.97 Å². The minimum absolute atomic E-state index is 0.358. The number of rotatable bonds is 2. The van der Waals surface area contributed by atoms with Crippen molar-refractivity contribution < 1.29 is 14.5 Å². The molecule has 1 aliphatic rings. The minimum Gasteiger partial charge on any atom is -0.334 e. The number of hydrogen-bond donors (Lipinski definition) is 1. The zero-order valence-electron chi connectivity index (χ0n) is 12.6. The molecule has 1 aliphatic heterocycles. The first-order valence-electron chi connectivity index (χ1n) is 7.14. The van der Waals surface area contributed by atoms with Crippen molar-refractivity contribution in [1.82, 2.24) is 0 Å². The second kappa shape index (κ2) is 6.18. The molecule has 0 aliphatic carbocycles. The third-order valence-electron chi connectivity index (χ3n) is 4.05. The summed E-state index contributed by atoms with van der Waals surface area (Å²) in [7, 11) is 2.19. The van der Waals surface area contributed by atoms with Gasteiger partial charge in [-0.2, -0.15) is 0 Å². The highest BCUT2D eigenvalue weighted by Crippen LogP contribution is 2.10. The summed E-state index contributed by atoms with van der Waals surface area (Å²) in [5.41, 5.74) is 2.58. The number of piperidine rings is 1. The maximum absolute atomic E-state index is 12.0. The Morgan fingerprint density at radius 1 is 1.40 bits per heavy atom. The Labute approximate surface area is 120 Å². The zero-order chi connectivity index (χ0) is 14.7. The van der Waals surface area contributed by atoms with E-state index in [0.717, 1.165) is 24.2 Å². The lowest BCUT2D eigenvalue weighted by Crippen LogP contribution is -3.14. The molecule has 108 valence electrons. The first-order valence-corrected chi connectivity index (χ1v) is 7.14. The fourth-order valence-electron chi connectivity index (χ4n) is 2.54. The maximum atomic E-state index is 12.0. The second-order valence-corrected chi connectivity index (χ2v) is 5.89. The predicted molar refractivity (Wildman–Crippen MR) is 79.0 cm³/mol. The monoisotopic (exact) mass is 275 g/mol. The Bertz CT molecular complexity index is 525. The molecule has 1 unspecified atom stereocenters. The highest BCUT2D eigenvalue weighted by atomic mass is 16.7. The molecule has 20 heavy (non-hydrogen) atoms. The van der Waals surface area contributed by atoms with Gasteiger partial charge in [0.1, 0.15) is 0 Å². The summed E-state index contributed by atoms with van der Waals surface area (Å²) in [6.07, 6.45) is 0.883. The Hall–Kier alpha value is -1.68. The van der Waals surface area contributed by atoms with Crippen LogP contribution in [0.1, 0.15) is 36.2 Å². The number of quaternary nitrogens is 1. The quantitative estimate of drug-likeness (QED) is 0.656. The lowest BCUT2D eigenvalue weighted by molar-refractivity contribution is -0.908. The van der Waals surface area contributed by atoms with Crippen molar-refractivity contribution >= 4 is 11.7 Å². The van der Waals surface area contributed by atoms with Gasteiger partial charge in [0.2, 0.25) is 0 Å². The largest absolute Gasteiger partial charge is 0.365 e. The van der Waals surface area contributed by atoms with Gasteiger partial charge < -0.3 is 9.74 Å². The molecular weight excluding hydrogens is 252 g/mol. The summed E-state index contributed by atoms with van der Waals surface area (Å²) in [5, 5.41) is 4.11. The number of hydrogen-bond acceptors (Lipinski definition) is 3. The molecule has 4 nitrogen and oxygen atoms in total. The molecule has 1 aromatic carbocycles. The molecule has 1 aromatic rings.